The number of nitrogens with one attached hydrogen (secondary N) is 1. The average Bonchev–Trinajstić information content (AvgIpc) is 2.45. The third-order valence-electron chi connectivity index (χ3n) is 3.28. The zero-order valence-corrected chi connectivity index (χ0v) is 12.2. The predicted octanol–water partition coefficient (Wildman–Crippen LogP) is 2.84. The molecule has 0 aliphatic rings. The van der Waals surface area contributed by atoms with Gasteiger partial charge in [0.1, 0.15) is 11.9 Å². The molecule has 0 saturated heterocycles. The van der Waals surface area contributed by atoms with Crippen LogP contribution in [0, 0.1) is 11.7 Å². The Balaban J connectivity index is 2.53. The van der Waals surface area contributed by atoms with Gasteiger partial charge in [-0.05, 0) is 23.6 Å². The van der Waals surface area contributed by atoms with Gasteiger partial charge in [0.05, 0.1) is 0 Å². The minimum atomic E-state index is -1.03. The van der Waals surface area contributed by atoms with Crippen LogP contribution in [0.5, 0.6) is 0 Å². The number of hydrogen-bond acceptors (Lipinski definition) is 2. The van der Waals surface area contributed by atoms with Crippen molar-refractivity contribution in [2.24, 2.45) is 5.92 Å². The number of halogens is 1. The monoisotopic (exact) mass is 293 g/mol. The largest absolute Gasteiger partial charge is 0.480 e. The van der Waals surface area contributed by atoms with Crippen LogP contribution in [0.25, 0.3) is 6.08 Å². The van der Waals surface area contributed by atoms with E-state index >= 15 is 0 Å². The second-order valence-electron chi connectivity index (χ2n) is 4.93. The zero-order valence-electron chi connectivity index (χ0n) is 12.2. The first-order valence-corrected chi connectivity index (χ1v) is 6.88. The van der Waals surface area contributed by atoms with Crippen LogP contribution in [0.1, 0.15) is 32.3 Å². The van der Waals surface area contributed by atoms with Crippen LogP contribution in [0.3, 0.4) is 0 Å². The van der Waals surface area contributed by atoms with Gasteiger partial charge < -0.3 is 10.4 Å². The van der Waals surface area contributed by atoms with Gasteiger partial charge in [0.2, 0.25) is 5.91 Å². The fraction of sp³-hybridized carbons (Fsp3) is 0.375. The molecule has 5 heteroatoms. The third-order valence-corrected chi connectivity index (χ3v) is 3.28. The van der Waals surface area contributed by atoms with Crippen molar-refractivity contribution in [3.63, 3.8) is 0 Å². The maximum Gasteiger partial charge on any atom is 0.326 e. The van der Waals surface area contributed by atoms with Crippen LogP contribution in [0.4, 0.5) is 4.39 Å². The molecule has 0 spiro atoms. The Morgan fingerprint density at radius 3 is 2.48 bits per heavy atom. The van der Waals surface area contributed by atoms with Gasteiger partial charge in [-0.25, -0.2) is 9.18 Å². The van der Waals surface area contributed by atoms with E-state index in [1.807, 2.05) is 6.92 Å². The van der Waals surface area contributed by atoms with Crippen LogP contribution in [0.15, 0.2) is 30.3 Å². The van der Waals surface area contributed by atoms with E-state index in [9.17, 15) is 14.0 Å². The van der Waals surface area contributed by atoms with Crippen molar-refractivity contribution in [1.29, 1.82) is 0 Å². The fourth-order valence-electron chi connectivity index (χ4n) is 1.79. The summed E-state index contributed by atoms with van der Waals surface area (Å²) in [6, 6.07) is 5.00. The van der Waals surface area contributed by atoms with E-state index in [0.717, 1.165) is 5.56 Å². The first-order valence-electron chi connectivity index (χ1n) is 6.88. The maximum atomic E-state index is 12.7. The third kappa shape index (κ3) is 5.77. The molecular formula is C16H20FNO3. The first-order chi connectivity index (χ1) is 9.93. The number of aliphatic carboxylic acids is 1. The molecular weight excluding hydrogens is 273 g/mol. The quantitative estimate of drug-likeness (QED) is 0.812. The van der Waals surface area contributed by atoms with Crippen molar-refractivity contribution in [3.8, 4) is 0 Å². The molecule has 1 aromatic carbocycles. The Labute approximate surface area is 123 Å². The lowest BCUT2D eigenvalue weighted by atomic mass is 9.99. The smallest absolute Gasteiger partial charge is 0.326 e. The Bertz CT molecular complexity index is 511. The van der Waals surface area contributed by atoms with Gasteiger partial charge in [0, 0.05) is 6.42 Å². The lowest BCUT2D eigenvalue weighted by Gasteiger charge is -2.19. The minimum Gasteiger partial charge on any atom is -0.480 e. The minimum absolute atomic E-state index is 0.0809. The normalized spacial score (nSPS) is 13.9. The maximum absolute atomic E-state index is 12.7. The molecule has 1 rings (SSSR count). The van der Waals surface area contributed by atoms with Crippen LogP contribution in [-0.2, 0) is 9.59 Å². The number of benzene rings is 1. The average molecular weight is 293 g/mol. The summed E-state index contributed by atoms with van der Waals surface area (Å²) in [6.45, 7) is 3.66. The number of hydrogen-bond donors (Lipinski definition) is 2. The summed E-state index contributed by atoms with van der Waals surface area (Å²) < 4.78 is 12.7. The van der Waals surface area contributed by atoms with E-state index in [4.69, 9.17) is 5.11 Å². The zero-order chi connectivity index (χ0) is 15.8. The molecule has 0 aromatic heterocycles. The topological polar surface area (TPSA) is 66.4 Å². The van der Waals surface area contributed by atoms with E-state index in [-0.39, 0.29) is 24.1 Å². The SMILES string of the molecule is CCC(C)C(NC(=O)C/C=C/c1ccc(F)cc1)C(=O)O. The molecule has 4 nitrogen and oxygen atoms in total. The molecule has 0 aliphatic heterocycles. The summed E-state index contributed by atoms with van der Waals surface area (Å²) in [5.41, 5.74) is 0.779. The van der Waals surface area contributed by atoms with Crippen molar-refractivity contribution in [1.82, 2.24) is 5.32 Å². The Morgan fingerprint density at radius 2 is 1.95 bits per heavy atom. The van der Waals surface area contributed by atoms with Crippen molar-refractivity contribution < 1.29 is 19.1 Å². The van der Waals surface area contributed by atoms with Crippen molar-refractivity contribution in [3.05, 3.63) is 41.7 Å². The van der Waals surface area contributed by atoms with Gasteiger partial charge in [-0.2, -0.15) is 0 Å². The van der Waals surface area contributed by atoms with Gasteiger partial charge in [-0.3, -0.25) is 4.79 Å². The van der Waals surface area contributed by atoms with E-state index in [2.05, 4.69) is 5.32 Å². The van der Waals surface area contributed by atoms with Crippen LogP contribution in [-0.4, -0.2) is 23.0 Å². The Hall–Kier alpha value is -2.17. The Morgan fingerprint density at radius 1 is 1.33 bits per heavy atom. The van der Waals surface area contributed by atoms with E-state index in [1.165, 1.54) is 12.1 Å². The first kappa shape index (κ1) is 16.9. The molecule has 114 valence electrons. The van der Waals surface area contributed by atoms with Gasteiger partial charge in [-0.1, -0.05) is 44.6 Å². The molecule has 0 radical (unpaired) electrons. The van der Waals surface area contributed by atoms with Gasteiger partial charge in [-0.15, -0.1) is 0 Å². The van der Waals surface area contributed by atoms with Crippen LogP contribution in [0.2, 0.25) is 0 Å². The molecule has 1 amide bonds. The summed E-state index contributed by atoms with van der Waals surface area (Å²) in [4.78, 5) is 22.8. The summed E-state index contributed by atoms with van der Waals surface area (Å²) >= 11 is 0. The van der Waals surface area contributed by atoms with Crippen LogP contribution >= 0.6 is 0 Å². The number of carbonyl (C=O) groups excluding carboxylic acids is 1. The highest BCUT2D eigenvalue weighted by atomic mass is 19.1. The second kappa shape index (κ2) is 8.19. The summed E-state index contributed by atoms with van der Waals surface area (Å²) in [5.74, 6) is -1.82. The lowest BCUT2D eigenvalue weighted by molar-refractivity contribution is -0.143. The number of rotatable bonds is 7. The van der Waals surface area contributed by atoms with E-state index < -0.39 is 12.0 Å². The highest BCUT2D eigenvalue weighted by Crippen LogP contribution is 2.09. The fourth-order valence-corrected chi connectivity index (χ4v) is 1.79. The molecule has 0 aliphatic carbocycles. The molecule has 21 heavy (non-hydrogen) atoms. The summed E-state index contributed by atoms with van der Waals surface area (Å²) in [6.07, 6.45) is 4.07. The van der Waals surface area contributed by atoms with Crippen molar-refractivity contribution >= 4 is 18.0 Å². The predicted molar refractivity (Wildman–Crippen MR) is 79.1 cm³/mol. The standard InChI is InChI=1S/C16H20FNO3/c1-3-11(2)15(16(20)21)18-14(19)6-4-5-12-7-9-13(17)10-8-12/h4-5,7-11,15H,3,6H2,1-2H3,(H,18,19)(H,20,21)/b5-4+. The van der Waals surface area contributed by atoms with E-state index in [1.54, 1.807) is 31.2 Å². The van der Waals surface area contributed by atoms with Gasteiger partial charge in [0.15, 0.2) is 0 Å². The van der Waals surface area contributed by atoms with Crippen molar-refractivity contribution in [2.45, 2.75) is 32.7 Å². The highest BCUT2D eigenvalue weighted by molar-refractivity contribution is 5.84. The molecule has 0 heterocycles. The number of carbonyl (C=O) groups is 2. The molecule has 2 N–H and O–H groups in total. The molecule has 2 unspecified atom stereocenters. The molecule has 0 fully saturated rings. The highest BCUT2D eigenvalue weighted by Gasteiger charge is 2.24. The molecule has 0 bridgehead atoms. The number of carboxylic acid groups (broad SMARTS) is 1. The number of amides is 1. The second-order valence-corrected chi connectivity index (χ2v) is 4.93. The molecule has 0 saturated carbocycles. The Kier molecular flexibility index (Phi) is 6.59. The summed E-state index contributed by atoms with van der Waals surface area (Å²) in [5, 5.41) is 11.6. The summed E-state index contributed by atoms with van der Waals surface area (Å²) in [7, 11) is 0. The molecule has 2 atom stereocenters. The lowest BCUT2D eigenvalue weighted by Crippen LogP contribution is -2.44. The van der Waals surface area contributed by atoms with Crippen LogP contribution < -0.4 is 5.32 Å². The van der Waals surface area contributed by atoms with Crippen molar-refractivity contribution in [2.75, 3.05) is 0 Å². The molecule has 1 aromatic rings. The van der Waals surface area contributed by atoms with Gasteiger partial charge >= 0.3 is 5.97 Å². The number of carboxylic acids is 1. The van der Waals surface area contributed by atoms with Gasteiger partial charge in [0.25, 0.3) is 0 Å². The van der Waals surface area contributed by atoms with E-state index in [0.29, 0.717) is 6.42 Å².